The predicted molar refractivity (Wildman–Crippen MR) is 69.1 cm³/mol. The smallest absolute Gasteiger partial charge is 0.119 e. The Morgan fingerprint density at radius 1 is 1.18 bits per heavy atom. The van der Waals surface area contributed by atoms with E-state index in [-0.39, 0.29) is 0 Å². The molecule has 0 saturated carbocycles. The molecule has 1 aromatic heterocycles. The topological polar surface area (TPSA) is 60.2 Å². The zero-order valence-electron chi connectivity index (χ0n) is 9.47. The molecule has 1 heterocycles. The number of nitrogens with one attached hydrogen (secondary N) is 1. The minimum atomic E-state index is 0.596. The van der Waals surface area contributed by atoms with E-state index >= 15 is 0 Å². The number of nitrogen functional groups attached to an aromatic ring is 1. The molecule has 4 nitrogen and oxygen atoms in total. The van der Waals surface area contributed by atoms with Gasteiger partial charge in [-0.25, -0.2) is 0 Å². The Labute approximate surface area is 100 Å². The summed E-state index contributed by atoms with van der Waals surface area (Å²) in [5.74, 6) is 0.826. The summed E-state index contributed by atoms with van der Waals surface area (Å²) in [6, 6.07) is 11.2. The first-order valence-electron chi connectivity index (χ1n) is 5.47. The summed E-state index contributed by atoms with van der Waals surface area (Å²) in [5.41, 5.74) is 7.32. The van der Waals surface area contributed by atoms with Gasteiger partial charge in [0, 0.05) is 24.6 Å². The molecule has 2 aromatic rings. The molecule has 17 heavy (non-hydrogen) atoms. The van der Waals surface area contributed by atoms with Gasteiger partial charge < -0.3 is 15.8 Å². The molecule has 0 saturated heterocycles. The SMILES string of the molecule is Nc1ccc(OCCNc2cccnc2)cc1. The average Bonchev–Trinajstić information content (AvgIpc) is 2.38. The van der Waals surface area contributed by atoms with Crippen molar-refractivity contribution in [2.75, 3.05) is 24.2 Å². The fourth-order valence-corrected chi connectivity index (χ4v) is 1.40. The molecular formula is C13H15N3O. The lowest BCUT2D eigenvalue weighted by Crippen LogP contribution is -2.11. The van der Waals surface area contributed by atoms with Gasteiger partial charge in [-0.05, 0) is 36.4 Å². The summed E-state index contributed by atoms with van der Waals surface area (Å²) in [5, 5.41) is 3.21. The highest BCUT2D eigenvalue weighted by molar-refractivity contribution is 5.42. The number of pyridine rings is 1. The van der Waals surface area contributed by atoms with Crippen LogP contribution < -0.4 is 15.8 Å². The molecule has 1 aromatic carbocycles. The summed E-state index contributed by atoms with van der Waals surface area (Å²) in [6.07, 6.45) is 3.53. The lowest BCUT2D eigenvalue weighted by Gasteiger charge is -2.08. The number of nitrogens with two attached hydrogens (primary N) is 1. The van der Waals surface area contributed by atoms with Gasteiger partial charge in [0.15, 0.2) is 0 Å². The van der Waals surface area contributed by atoms with Crippen molar-refractivity contribution in [3.63, 3.8) is 0 Å². The molecule has 0 fully saturated rings. The van der Waals surface area contributed by atoms with Crippen molar-refractivity contribution in [2.45, 2.75) is 0 Å². The molecule has 2 rings (SSSR count). The van der Waals surface area contributed by atoms with E-state index in [1.54, 1.807) is 12.4 Å². The van der Waals surface area contributed by atoms with Crippen LogP contribution in [0, 0.1) is 0 Å². The highest BCUT2D eigenvalue weighted by atomic mass is 16.5. The molecule has 0 radical (unpaired) electrons. The van der Waals surface area contributed by atoms with E-state index < -0.39 is 0 Å². The van der Waals surface area contributed by atoms with Crippen LogP contribution in [-0.4, -0.2) is 18.1 Å². The lowest BCUT2D eigenvalue weighted by molar-refractivity contribution is 0.333. The maximum Gasteiger partial charge on any atom is 0.119 e. The van der Waals surface area contributed by atoms with Crippen molar-refractivity contribution < 1.29 is 4.74 Å². The third-order valence-corrected chi connectivity index (χ3v) is 2.24. The first kappa shape index (κ1) is 11.3. The average molecular weight is 229 g/mol. The standard InChI is InChI=1S/C13H15N3O/c14-11-3-5-13(6-4-11)17-9-8-16-12-2-1-7-15-10-12/h1-7,10,16H,8-9,14H2. The number of hydrogen-bond acceptors (Lipinski definition) is 4. The summed E-state index contributed by atoms with van der Waals surface area (Å²) < 4.78 is 5.54. The Morgan fingerprint density at radius 2 is 2.00 bits per heavy atom. The van der Waals surface area contributed by atoms with E-state index in [2.05, 4.69) is 10.3 Å². The van der Waals surface area contributed by atoms with Crippen molar-refractivity contribution >= 4 is 11.4 Å². The maximum atomic E-state index is 5.58. The minimum Gasteiger partial charge on any atom is -0.492 e. The predicted octanol–water partition coefficient (Wildman–Crippen LogP) is 2.15. The Kier molecular flexibility index (Phi) is 3.81. The normalized spacial score (nSPS) is 9.88. The van der Waals surface area contributed by atoms with Gasteiger partial charge in [-0.3, -0.25) is 4.98 Å². The molecule has 0 aliphatic carbocycles. The van der Waals surface area contributed by atoms with Gasteiger partial charge in [0.25, 0.3) is 0 Å². The van der Waals surface area contributed by atoms with E-state index in [4.69, 9.17) is 10.5 Å². The highest BCUT2D eigenvalue weighted by Gasteiger charge is 1.93. The van der Waals surface area contributed by atoms with Gasteiger partial charge in [0.05, 0.1) is 5.69 Å². The largest absolute Gasteiger partial charge is 0.492 e. The number of anilines is 2. The molecule has 0 spiro atoms. The Bertz CT molecular complexity index is 442. The van der Waals surface area contributed by atoms with E-state index in [0.29, 0.717) is 6.61 Å². The van der Waals surface area contributed by atoms with Crippen LogP contribution in [0.3, 0.4) is 0 Å². The van der Waals surface area contributed by atoms with Crippen LogP contribution in [-0.2, 0) is 0 Å². The monoisotopic (exact) mass is 229 g/mol. The highest BCUT2D eigenvalue weighted by Crippen LogP contribution is 2.12. The molecule has 3 N–H and O–H groups in total. The number of ether oxygens (including phenoxy) is 1. The quantitative estimate of drug-likeness (QED) is 0.609. The van der Waals surface area contributed by atoms with Crippen LogP contribution in [0.25, 0.3) is 0 Å². The number of aromatic nitrogens is 1. The fourth-order valence-electron chi connectivity index (χ4n) is 1.40. The Hall–Kier alpha value is -2.23. The van der Waals surface area contributed by atoms with Gasteiger partial charge in [-0.1, -0.05) is 0 Å². The number of benzene rings is 1. The summed E-state index contributed by atoms with van der Waals surface area (Å²) in [7, 11) is 0. The lowest BCUT2D eigenvalue weighted by atomic mass is 10.3. The molecule has 0 atom stereocenters. The van der Waals surface area contributed by atoms with Crippen molar-refractivity contribution in [3.8, 4) is 5.75 Å². The summed E-state index contributed by atoms with van der Waals surface area (Å²) in [6.45, 7) is 1.33. The number of nitrogens with zero attached hydrogens (tertiary/aromatic N) is 1. The second kappa shape index (κ2) is 5.75. The van der Waals surface area contributed by atoms with E-state index in [1.165, 1.54) is 0 Å². The minimum absolute atomic E-state index is 0.596. The van der Waals surface area contributed by atoms with Crippen molar-refractivity contribution in [1.82, 2.24) is 4.98 Å². The molecule has 0 amide bonds. The summed E-state index contributed by atoms with van der Waals surface area (Å²) >= 11 is 0. The second-order valence-corrected chi connectivity index (χ2v) is 3.59. The van der Waals surface area contributed by atoms with E-state index in [0.717, 1.165) is 23.7 Å². The van der Waals surface area contributed by atoms with Crippen LogP contribution in [0.1, 0.15) is 0 Å². The van der Waals surface area contributed by atoms with Crippen LogP contribution in [0.15, 0.2) is 48.8 Å². The van der Waals surface area contributed by atoms with Crippen molar-refractivity contribution in [1.29, 1.82) is 0 Å². The van der Waals surface area contributed by atoms with Crippen molar-refractivity contribution in [2.24, 2.45) is 0 Å². The summed E-state index contributed by atoms with van der Waals surface area (Å²) in [4.78, 5) is 4.01. The molecule has 0 aliphatic heterocycles. The maximum absolute atomic E-state index is 5.58. The zero-order valence-corrected chi connectivity index (χ0v) is 9.47. The number of rotatable bonds is 5. The second-order valence-electron chi connectivity index (χ2n) is 3.59. The van der Waals surface area contributed by atoms with Gasteiger partial charge >= 0.3 is 0 Å². The van der Waals surface area contributed by atoms with Gasteiger partial charge in [0.1, 0.15) is 12.4 Å². The first-order chi connectivity index (χ1) is 8.34. The van der Waals surface area contributed by atoms with E-state index in [9.17, 15) is 0 Å². The molecule has 0 aliphatic rings. The van der Waals surface area contributed by atoms with Gasteiger partial charge in [-0.2, -0.15) is 0 Å². The van der Waals surface area contributed by atoms with Crippen molar-refractivity contribution in [3.05, 3.63) is 48.8 Å². The van der Waals surface area contributed by atoms with Crippen LogP contribution >= 0.6 is 0 Å². The van der Waals surface area contributed by atoms with Crippen LogP contribution in [0.4, 0.5) is 11.4 Å². The fraction of sp³-hybridized carbons (Fsp3) is 0.154. The molecule has 88 valence electrons. The van der Waals surface area contributed by atoms with E-state index in [1.807, 2.05) is 36.4 Å². The molecule has 4 heteroatoms. The Morgan fingerprint density at radius 3 is 2.71 bits per heavy atom. The molecular weight excluding hydrogens is 214 g/mol. The third kappa shape index (κ3) is 3.68. The third-order valence-electron chi connectivity index (χ3n) is 2.24. The molecule has 0 bridgehead atoms. The van der Waals surface area contributed by atoms with Gasteiger partial charge in [0.2, 0.25) is 0 Å². The Balaban J connectivity index is 1.71. The molecule has 0 unspecified atom stereocenters. The first-order valence-corrected chi connectivity index (χ1v) is 5.47. The van der Waals surface area contributed by atoms with Gasteiger partial charge in [-0.15, -0.1) is 0 Å². The zero-order chi connectivity index (χ0) is 11.9. The number of hydrogen-bond donors (Lipinski definition) is 2. The van der Waals surface area contributed by atoms with Crippen LogP contribution in [0.5, 0.6) is 5.75 Å². The van der Waals surface area contributed by atoms with Crippen LogP contribution in [0.2, 0.25) is 0 Å².